The molecule has 0 aromatic rings. The molecule has 0 bridgehead atoms. The average molecular weight is 323 g/mol. The molecule has 0 aromatic heterocycles. The van der Waals surface area contributed by atoms with Crippen LogP contribution in [0, 0.1) is 29.1 Å². The highest BCUT2D eigenvalue weighted by Crippen LogP contribution is 2.39. The fourth-order valence-electron chi connectivity index (χ4n) is 2.89. The molecule has 1 aliphatic carbocycles. The zero-order chi connectivity index (χ0) is 17.0. The maximum absolute atomic E-state index is 6.18. The fraction of sp³-hybridized carbons (Fsp3) is 0.900. The molecular weight excluding hydrogens is 284 g/mol. The van der Waals surface area contributed by atoms with Gasteiger partial charge in [0.1, 0.15) is 0 Å². The van der Waals surface area contributed by atoms with E-state index in [1.807, 2.05) is 0 Å². The Kier molecular flexibility index (Phi) is 6.78. The lowest BCUT2D eigenvalue weighted by molar-refractivity contribution is 0.165. The lowest BCUT2D eigenvalue weighted by atomic mass is 9.70. The van der Waals surface area contributed by atoms with Gasteiger partial charge >= 0.3 is 0 Å². The van der Waals surface area contributed by atoms with Crippen molar-refractivity contribution in [2.75, 3.05) is 6.61 Å². The lowest BCUT2D eigenvalue weighted by Gasteiger charge is -2.36. The smallest absolute Gasteiger partial charge is 0.192 e. The van der Waals surface area contributed by atoms with E-state index in [1.54, 1.807) is 0 Å². The van der Waals surface area contributed by atoms with E-state index >= 15 is 0 Å². The van der Waals surface area contributed by atoms with Gasteiger partial charge in [-0.2, -0.15) is 0 Å². The van der Waals surface area contributed by atoms with Crippen LogP contribution in [0.2, 0.25) is 18.1 Å². The van der Waals surface area contributed by atoms with Crippen LogP contribution in [0.3, 0.4) is 0 Å². The molecule has 1 aliphatic rings. The molecule has 22 heavy (non-hydrogen) atoms. The largest absolute Gasteiger partial charge is 0.416 e. The van der Waals surface area contributed by atoms with Gasteiger partial charge in [0, 0.05) is 18.9 Å². The molecule has 0 radical (unpaired) electrons. The van der Waals surface area contributed by atoms with Crippen LogP contribution in [0.1, 0.15) is 73.6 Å². The molecule has 1 fully saturated rings. The summed E-state index contributed by atoms with van der Waals surface area (Å²) in [6, 6.07) is 0. The number of hydrogen-bond acceptors (Lipinski definition) is 1. The van der Waals surface area contributed by atoms with Crippen molar-refractivity contribution in [2.24, 2.45) is 17.3 Å². The van der Waals surface area contributed by atoms with Gasteiger partial charge < -0.3 is 4.43 Å². The van der Waals surface area contributed by atoms with Gasteiger partial charge in [-0.1, -0.05) is 47.5 Å². The quantitative estimate of drug-likeness (QED) is 0.339. The second-order valence-corrected chi connectivity index (χ2v) is 14.4. The van der Waals surface area contributed by atoms with Gasteiger partial charge in [0.25, 0.3) is 0 Å². The van der Waals surface area contributed by atoms with Gasteiger partial charge in [-0.25, -0.2) is 0 Å². The Morgan fingerprint density at radius 3 is 1.95 bits per heavy atom. The summed E-state index contributed by atoms with van der Waals surface area (Å²) in [4.78, 5) is 0. The zero-order valence-electron chi connectivity index (χ0n) is 16.3. The molecule has 1 saturated carbocycles. The molecule has 0 amide bonds. The van der Waals surface area contributed by atoms with Gasteiger partial charge in [-0.3, -0.25) is 0 Å². The first-order valence-electron chi connectivity index (χ1n) is 9.06. The molecular formula is C20H38OSi. The van der Waals surface area contributed by atoms with Crippen molar-refractivity contribution in [3.63, 3.8) is 0 Å². The van der Waals surface area contributed by atoms with E-state index in [-0.39, 0.29) is 0 Å². The Hall–Kier alpha value is -0.263. The maximum atomic E-state index is 6.18. The van der Waals surface area contributed by atoms with Crippen molar-refractivity contribution in [3.8, 4) is 11.8 Å². The van der Waals surface area contributed by atoms with Crippen LogP contribution in [0.4, 0.5) is 0 Å². The summed E-state index contributed by atoms with van der Waals surface area (Å²) in [6.45, 7) is 19.4. The van der Waals surface area contributed by atoms with Crippen molar-refractivity contribution in [1.82, 2.24) is 0 Å². The first-order valence-corrected chi connectivity index (χ1v) is 12.0. The third-order valence-electron chi connectivity index (χ3n) is 5.75. The molecule has 0 aromatic carbocycles. The van der Waals surface area contributed by atoms with Crippen LogP contribution >= 0.6 is 0 Å². The van der Waals surface area contributed by atoms with Crippen molar-refractivity contribution in [2.45, 2.75) is 91.8 Å². The minimum atomic E-state index is -1.59. The standard InChI is InChI=1S/C20H38OSi/c1-19(2,3)18-14-12-17(13-15-18)11-9-10-16-21-22(7,8)20(4,5)6/h17-18H,10,12-16H2,1-8H3. The SMILES string of the molecule is CC(C)(C)C1CCC(C#CCCO[Si](C)(C)C(C)(C)C)CC1. The molecule has 1 rings (SSSR count). The normalized spacial score (nSPS) is 23.8. The van der Waals surface area contributed by atoms with E-state index in [0.29, 0.717) is 16.4 Å². The third-order valence-corrected chi connectivity index (χ3v) is 10.3. The Balaban J connectivity index is 2.30. The summed E-state index contributed by atoms with van der Waals surface area (Å²) in [6.07, 6.45) is 6.17. The van der Waals surface area contributed by atoms with Crippen molar-refractivity contribution < 1.29 is 4.43 Å². The van der Waals surface area contributed by atoms with Crippen LogP contribution in [0.25, 0.3) is 0 Å². The average Bonchev–Trinajstić information content (AvgIpc) is 2.36. The predicted molar refractivity (Wildman–Crippen MR) is 100 cm³/mol. The highest BCUT2D eigenvalue weighted by molar-refractivity contribution is 6.74. The van der Waals surface area contributed by atoms with Crippen molar-refractivity contribution in [3.05, 3.63) is 0 Å². The van der Waals surface area contributed by atoms with E-state index < -0.39 is 8.32 Å². The van der Waals surface area contributed by atoms with Gasteiger partial charge in [0.2, 0.25) is 0 Å². The number of hydrogen-bond donors (Lipinski definition) is 0. The molecule has 0 spiro atoms. The molecule has 0 aliphatic heterocycles. The van der Waals surface area contributed by atoms with E-state index in [0.717, 1.165) is 18.9 Å². The van der Waals surface area contributed by atoms with Crippen LogP contribution in [-0.4, -0.2) is 14.9 Å². The van der Waals surface area contributed by atoms with Gasteiger partial charge in [-0.05, 0) is 55.1 Å². The number of rotatable bonds is 3. The summed E-state index contributed by atoms with van der Waals surface area (Å²) in [5.74, 6) is 8.40. The summed E-state index contributed by atoms with van der Waals surface area (Å²) in [5.41, 5.74) is 0.468. The molecule has 0 atom stereocenters. The van der Waals surface area contributed by atoms with Gasteiger partial charge in [0.05, 0.1) is 0 Å². The molecule has 128 valence electrons. The minimum Gasteiger partial charge on any atom is -0.416 e. The van der Waals surface area contributed by atoms with Crippen LogP contribution in [0.5, 0.6) is 0 Å². The Morgan fingerprint density at radius 2 is 1.50 bits per heavy atom. The third kappa shape index (κ3) is 6.09. The van der Waals surface area contributed by atoms with Gasteiger partial charge in [0.15, 0.2) is 8.32 Å². The fourth-order valence-corrected chi connectivity index (χ4v) is 3.94. The van der Waals surface area contributed by atoms with E-state index in [4.69, 9.17) is 4.43 Å². The second kappa shape index (κ2) is 7.54. The van der Waals surface area contributed by atoms with Crippen LogP contribution < -0.4 is 0 Å². The lowest BCUT2D eigenvalue weighted by Crippen LogP contribution is -2.40. The maximum Gasteiger partial charge on any atom is 0.192 e. The van der Waals surface area contributed by atoms with Crippen LogP contribution in [-0.2, 0) is 4.43 Å². The van der Waals surface area contributed by atoms with E-state index in [2.05, 4.69) is 66.5 Å². The monoisotopic (exact) mass is 322 g/mol. The molecule has 1 nitrogen and oxygen atoms in total. The highest BCUT2D eigenvalue weighted by atomic mass is 28.4. The summed E-state index contributed by atoms with van der Waals surface area (Å²) >= 11 is 0. The first kappa shape index (κ1) is 19.8. The Morgan fingerprint density at radius 1 is 0.955 bits per heavy atom. The summed E-state index contributed by atoms with van der Waals surface area (Å²) < 4.78 is 6.18. The molecule has 2 heteroatoms. The summed E-state index contributed by atoms with van der Waals surface area (Å²) in [7, 11) is -1.59. The Labute approximate surface area is 140 Å². The van der Waals surface area contributed by atoms with Gasteiger partial charge in [-0.15, -0.1) is 5.92 Å². The molecule has 0 heterocycles. The van der Waals surface area contributed by atoms with E-state index in [9.17, 15) is 0 Å². The zero-order valence-corrected chi connectivity index (χ0v) is 17.3. The second-order valence-electron chi connectivity index (χ2n) is 9.59. The van der Waals surface area contributed by atoms with E-state index in [1.165, 1.54) is 25.7 Å². The van der Waals surface area contributed by atoms with Crippen LogP contribution in [0.15, 0.2) is 0 Å². The molecule has 0 saturated heterocycles. The Bertz CT molecular complexity index is 392. The topological polar surface area (TPSA) is 9.23 Å². The molecule has 0 N–H and O–H groups in total. The minimum absolute atomic E-state index is 0.297. The first-order chi connectivity index (χ1) is 9.93. The van der Waals surface area contributed by atoms with Crippen molar-refractivity contribution >= 4 is 8.32 Å². The predicted octanol–water partition coefficient (Wildman–Crippen LogP) is 6.25. The van der Waals surface area contributed by atoms with Crippen molar-refractivity contribution in [1.29, 1.82) is 0 Å². The summed E-state index contributed by atoms with van der Waals surface area (Å²) in [5, 5.41) is 0.297. The molecule has 0 unspecified atom stereocenters. The highest BCUT2D eigenvalue weighted by Gasteiger charge is 2.36.